The summed E-state index contributed by atoms with van der Waals surface area (Å²) in [4.78, 5) is 0.379. The van der Waals surface area contributed by atoms with Crippen molar-refractivity contribution < 1.29 is 4.74 Å². The summed E-state index contributed by atoms with van der Waals surface area (Å²) < 4.78 is 7.63. The van der Waals surface area contributed by atoms with E-state index in [0.717, 1.165) is 29.2 Å². The van der Waals surface area contributed by atoms with Gasteiger partial charge in [-0.15, -0.1) is 0 Å². The molecule has 2 aromatic rings. The Morgan fingerprint density at radius 1 is 1.37 bits per heavy atom. The van der Waals surface area contributed by atoms with E-state index in [0.29, 0.717) is 11.6 Å². The molecule has 0 aliphatic rings. The molecule has 19 heavy (non-hydrogen) atoms. The molecular weight excluding hydrogens is 258 g/mol. The first-order valence-corrected chi connectivity index (χ1v) is 6.51. The molecule has 1 heterocycles. The van der Waals surface area contributed by atoms with Crippen LogP contribution in [0.25, 0.3) is 0 Å². The number of nitrogens with zero attached hydrogens (tertiary/aromatic N) is 2. The van der Waals surface area contributed by atoms with Gasteiger partial charge in [0, 0.05) is 11.3 Å². The maximum Gasteiger partial charge on any atom is 0.120 e. The summed E-state index contributed by atoms with van der Waals surface area (Å²) in [5.74, 6) is 0.770. The summed E-state index contributed by atoms with van der Waals surface area (Å²) >= 11 is 4.94. The van der Waals surface area contributed by atoms with Crippen LogP contribution < -0.4 is 10.5 Å². The summed E-state index contributed by atoms with van der Waals surface area (Å²) in [6, 6.07) is 9.54. The fourth-order valence-electron chi connectivity index (χ4n) is 1.89. The molecule has 0 aliphatic carbocycles. The molecule has 0 saturated heterocycles. The highest BCUT2D eigenvalue weighted by Crippen LogP contribution is 2.13. The van der Waals surface area contributed by atoms with Gasteiger partial charge in [0.25, 0.3) is 0 Å². The van der Waals surface area contributed by atoms with Gasteiger partial charge in [-0.05, 0) is 32.0 Å². The number of ether oxygens (including phenoxy) is 1. The quantitative estimate of drug-likeness (QED) is 0.850. The van der Waals surface area contributed by atoms with Gasteiger partial charge in [0.2, 0.25) is 0 Å². The van der Waals surface area contributed by atoms with E-state index < -0.39 is 0 Å². The molecule has 0 unspecified atom stereocenters. The van der Waals surface area contributed by atoms with E-state index in [1.165, 1.54) is 0 Å². The van der Waals surface area contributed by atoms with E-state index in [1.54, 1.807) is 0 Å². The Morgan fingerprint density at radius 3 is 2.79 bits per heavy atom. The van der Waals surface area contributed by atoms with Gasteiger partial charge in [0.15, 0.2) is 0 Å². The zero-order valence-corrected chi connectivity index (χ0v) is 11.9. The van der Waals surface area contributed by atoms with Gasteiger partial charge < -0.3 is 10.5 Å². The lowest BCUT2D eigenvalue weighted by atomic mass is 10.2. The Hall–Kier alpha value is -1.88. The van der Waals surface area contributed by atoms with Crippen LogP contribution in [0.5, 0.6) is 5.75 Å². The number of nitrogens with two attached hydrogens (primary N) is 1. The SMILES string of the molecule is Cc1cc(C)n(CCOc2cccc(C(N)=S)c2)n1. The average molecular weight is 275 g/mol. The van der Waals surface area contributed by atoms with Crippen LogP contribution in [0.4, 0.5) is 0 Å². The second-order valence-corrected chi connectivity index (χ2v) is 4.83. The van der Waals surface area contributed by atoms with Crippen molar-refractivity contribution in [1.82, 2.24) is 9.78 Å². The molecule has 1 aromatic heterocycles. The van der Waals surface area contributed by atoms with Crippen LogP contribution in [-0.2, 0) is 6.54 Å². The van der Waals surface area contributed by atoms with Crippen LogP contribution in [0.15, 0.2) is 30.3 Å². The maximum absolute atomic E-state index is 5.69. The van der Waals surface area contributed by atoms with Crippen LogP contribution in [-0.4, -0.2) is 21.4 Å². The topological polar surface area (TPSA) is 53.1 Å². The Kier molecular flexibility index (Phi) is 4.16. The lowest BCUT2D eigenvalue weighted by Gasteiger charge is -2.08. The first-order chi connectivity index (χ1) is 9.06. The fraction of sp³-hybridized carbons (Fsp3) is 0.286. The van der Waals surface area contributed by atoms with Gasteiger partial charge >= 0.3 is 0 Å². The third-order valence-electron chi connectivity index (χ3n) is 2.79. The molecule has 0 aliphatic heterocycles. The van der Waals surface area contributed by atoms with E-state index >= 15 is 0 Å². The molecule has 5 heteroatoms. The van der Waals surface area contributed by atoms with Crippen molar-refractivity contribution in [1.29, 1.82) is 0 Å². The van der Waals surface area contributed by atoms with Crippen molar-refractivity contribution in [2.75, 3.05) is 6.61 Å². The first kappa shape index (κ1) is 13.5. The Bertz CT molecular complexity index is 592. The van der Waals surface area contributed by atoms with E-state index in [2.05, 4.69) is 5.10 Å². The average Bonchev–Trinajstić information content (AvgIpc) is 2.68. The van der Waals surface area contributed by atoms with Crippen LogP contribution in [0.1, 0.15) is 17.0 Å². The summed E-state index contributed by atoms with van der Waals surface area (Å²) in [5.41, 5.74) is 8.56. The zero-order chi connectivity index (χ0) is 13.8. The molecule has 0 fully saturated rings. The monoisotopic (exact) mass is 275 g/mol. The van der Waals surface area contributed by atoms with Crippen LogP contribution >= 0.6 is 12.2 Å². The normalized spacial score (nSPS) is 10.4. The molecule has 0 bridgehead atoms. The minimum Gasteiger partial charge on any atom is -0.492 e. The van der Waals surface area contributed by atoms with Crippen molar-refractivity contribution in [3.05, 3.63) is 47.3 Å². The molecule has 0 amide bonds. The third kappa shape index (κ3) is 3.54. The molecule has 0 saturated carbocycles. The number of thiocarbonyl (C=S) groups is 1. The molecule has 1 aromatic carbocycles. The molecule has 2 rings (SSSR count). The lowest BCUT2D eigenvalue weighted by molar-refractivity contribution is 0.289. The summed E-state index contributed by atoms with van der Waals surface area (Å²) in [7, 11) is 0. The highest BCUT2D eigenvalue weighted by Gasteiger charge is 2.02. The van der Waals surface area contributed by atoms with Gasteiger partial charge in [-0.25, -0.2) is 0 Å². The number of hydrogen-bond acceptors (Lipinski definition) is 3. The summed E-state index contributed by atoms with van der Waals surface area (Å²) in [6.45, 7) is 5.29. The summed E-state index contributed by atoms with van der Waals surface area (Å²) in [5, 5.41) is 4.38. The predicted molar refractivity (Wildman–Crippen MR) is 79.5 cm³/mol. The first-order valence-electron chi connectivity index (χ1n) is 6.10. The minimum atomic E-state index is 0.379. The largest absolute Gasteiger partial charge is 0.492 e. The zero-order valence-electron chi connectivity index (χ0n) is 11.1. The Labute approximate surface area is 118 Å². The number of benzene rings is 1. The molecular formula is C14H17N3OS. The van der Waals surface area contributed by atoms with Crippen molar-refractivity contribution in [2.24, 2.45) is 5.73 Å². The molecule has 0 atom stereocenters. The lowest BCUT2D eigenvalue weighted by Crippen LogP contribution is -2.12. The van der Waals surface area contributed by atoms with Gasteiger partial charge in [-0.3, -0.25) is 4.68 Å². The van der Waals surface area contributed by atoms with Crippen LogP contribution in [0.2, 0.25) is 0 Å². The minimum absolute atomic E-state index is 0.379. The standard InChI is InChI=1S/C14H17N3OS/c1-10-8-11(2)17(16-10)6-7-18-13-5-3-4-12(9-13)14(15)19/h3-5,8-9H,6-7H2,1-2H3,(H2,15,19). The van der Waals surface area contributed by atoms with Crippen molar-refractivity contribution >= 4 is 17.2 Å². The number of rotatable bonds is 5. The van der Waals surface area contributed by atoms with Crippen molar-refractivity contribution in [3.8, 4) is 5.75 Å². The third-order valence-corrected chi connectivity index (χ3v) is 3.03. The van der Waals surface area contributed by atoms with Gasteiger partial charge in [-0.2, -0.15) is 5.10 Å². The predicted octanol–water partition coefficient (Wildman–Crippen LogP) is 2.21. The van der Waals surface area contributed by atoms with Gasteiger partial charge in [-0.1, -0.05) is 24.4 Å². The number of hydrogen-bond donors (Lipinski definition) is 1. The molecule has 4 nitrogen and oxygen atoms in total. The van der Waals surface area contributed by atoms with Gasteiger partial charge in [0.1, 0.15) is 17.3 Å². The highest BCUT2D eigenvalue weighted by molar-refractivity contribution is 7.80. The molecule has 2 N–H and O–H groups in total. The molecule has 0 radical (unpaired) electrons. The molecule has 100 valence electrons. The van der Waals surface area contributed by atoms with E-state index in [-0.39, 0.29) is 0 Å². The van der Waals surface area contributed by atoms with Crippen molar-refractivity contribution in [3.63, 3.8) is 0 Å². The molecule has 0 spiro atoms. The maximum atomic E-state index is 5.69. The number of aromatic nitrogens is 2. The summed E-state index contributed by atoms with van der Waals surface area (Å²) in [6.07, 6.45) is 0. The smallest absolute Gasteiger partial charge is 0.120 e. The van der Waals surface area contributed by atoms with E-state index in [9.17, 15) is 0 Å². The number of aryl methyl sites for hydroxylation is 2. The second-order valence-electron chi connectivity index (χ2n) is 4.39. The Morgan fingerprint density at radius 2 is 2.16 bits per heavy atom. The fourth-order valence-corrected chi connectivity index (χ4v) is 2.02. The van der Waals surface area contributed by atoms with E-state index in [4.69, 9.17) is 22.7 Å². The Balaban J connectivity index is 1.94. The van der Waals surface area contributed by atoms with E-state index in [1.807, 2.05) is 48.9 Å². The highest BCUT2D eigenvalue weighted by atomic mass is 32.1. The van der Waals surface area contributed by atoms with Crippen molar-refractivity contribution in [2.45, 2.75) is 20.4 Å². The van der Waals surface area contributed by atoms with Crippen LogP contribution in [0, 0.1) is 13.8 Å². The van der Waals surface area contributed by atoms with Gasteiger partial charge in [0.05, 0.1) is 12.2 Å². The van der Waals surface area contributed by atoms with Crippen LogP contribution in [0.3, 0.4) is 0 Å². The second kappa shape index (κ2) is 5.84.